The molecule has 2 aliphatic rings. The molecule has 9 nitrogen and oxygen atoms in total. The average Bonchev–Trinajstić information content (AvgIpc) is 2.83. The van der Waals surface area contributed by atoms with Gasteiger partial charge in [-0.15, -0.1) is 13.2 Å². The summed E-state index contributed by atoms with van der Waals surface area (Å²) in [5.41, 5.74) is 0.393. The highest BCUT2D eigenvalue weighted by molar-refractivity contribution is 7.89. The number of nitrogens with one attached hydrogen (secondary N) is 1. The number of aliphatic hydroxyl groups is 1. The first-order valence-corrected chi connectivity index (χ1v) is 12.4. The zero-order valence-corrected chi connectivity index (χ0v) is 19.5. The molecule has 2 aromatic carbocycles. The highest BCUT2D eigenvalue weighted by Crippen LogP contribution is 2.47. The van der Waals surface area contributed by atoms with Crippen LogP contribution in [0, 0.1) is 5.82 Å². The van der Waals surface area contributed by atoms with E-state index < -0.39 is 46.1 Å². The third-order valence-electron chi connectivity index (χ3n) is 5.78. The Bertz CT molecular complexity index is 1400. The first-order valence-electron chi connectivity index (χ1n) is 10.9. The molecule has 2 N–H and O–H groups in total. The fourth-order valence-electron chi connectivity index (χ4n) is 4.18. The summed E-state index contributed by atoms with van der Waals surface area (Å²) in [6.07, 6.45) is -4.75. The van der Waals surface area contributed by atoms with Crippen LogP contribution in [-0.4, -0.2) is 56.3 Å². The SMILES string of the molecule is O=S(=O)(N[C@@H]1COC[C@H](N2c3ccc(F)cc3Oc3cccnc32)[C@H]1O)c1ccc(OC(F)(F)F)cc1. The summed E-state index contributed by atoms with van der Waals surface area (Å²) < 4.78 is 94.4. The van der Waals surface area contributed by atoms with Crippen LogP contribution in [0.4, 0.5) is 29.1 Å². The summed E-state index contributed by atoms with van der Waals surface area (Å²) in [6.45, 7) is -0.197. The highest BCUT2D eigenvalue weighted by Gasteiger charge is 2.42. The molecule has 3 aromatic rings. The minimum absolute atomic E-state index is 0.0182. The van der Waals surface area contributed by atoms with Crippen molar-refractivity contribution in [1.29, 1.82) is 0 Å². The van der Waals surface area contributed by atoms with Crippen LogP contribution in [0.2, 0.25) is 0 Å². The number of aliphatic hydroxyl groups excluding tert-OH is 1. The number of sulfonamides is 1. The Labute approximate surface area is 208 Å². The molecule has 37 heavy (non-hydrogen) atoms. The van der Waals surface area contributed by atoms with E-state index in [2.05, 4.69) is 14.4 Å². The van der Waals surface area contributed by atoms with Gasteiger partial charge in [-0.25, -0.2) is 22.5 Å². The summed E-state index contributed by atoms with van der Waals surface area (Å²) >= 11 is 0. The fourth-order valence-corrected chi connectivity index (χ4v) is 5.42. The highest BCUT2D eigenvalue weighted by atomic mass is 32.2. The molecule has 1 fully saturated rings. The number of benzene rings is 2. The van der Waals surface area contributed by atoms with Crippen molar-refractivity contribution in [3.8, 4) is 17.2 Å². The number of ether oxygens (including phenoxy) is 3. The fraction of sp³-hybridized carbons (Fsp3) is 0.261. The number of hydrogen-bond acceptors (Lipinski definition) is 8. The molecule has 0 radical (unpaired) electrons. The van der Waals surface area contributed by atoms with E-state index in [9.17, 15) is 31.1 Å². The van der Waals surface area contributed by atoms with Crippen molar-refractivity contribution in [2.24, 2.45) is 0 Å². The van der Waals surface area contributed by atoms with E-state index in [1.807, 2.05) is 0 Å². The van der Waals surface area contributed by atoms with Crippen LogP contribution in [0.5, 0.6) is 17.2 Å². The van der Waals surface area contributed by atoms with E-state index in [0.29, 0.717) is 17.3 Å². The molecule has 196 valence electrons. The number of anilines is 2. The largest absolute Gasteiger partial charge is 0.573 e. The molecule has 1 saturated heterocycles. The van der Waals surface area contributed by atoms with Crippen molar-refractivity contribution in [2.45, 2.75) is 29.4 Å². The number of hydrogen-bond donors (Lipinski definition) is 2. The van der Waals surface area contributed by atoms with E-state index in [1.165, 1.54) is 24.4 Å². The number of aromatic nitrogens is 1. The Balaban J connectivity index is 1.40. The number of pyridine rings is 1. The van der Waals surface area contributed by atoms with Gasteiger partial charge < -0.3 is 24.2 Å². The third kappa shape index (κ3) is 5.18. The molecular formula is C23H19F4N3O6S. The molecule has 0 spiro atoms. The lowest BCUT2D eigenvalue weighted by atomic mass is 9.99. The van der Waals surface area contributed by atoms with Gasteiger partial charge >= 0.3 is 6.36 Å². The molecule has 0 amide bonds. The Morgan fingerprint density at radius 3 is 2.57 bits per heavy atom. The molecule has 0 bridgehead atoms. The first-order chi connectivity index (χ1) is 17.5. The number of nitrogens with zero attached hydrogens (tertiary/aromatic N) is 2. The van der Waals surface area contributed by atoms with Crippen LogP contribution in [-0.2, 0) is 14.8 Å². The van der Waals surface area contributed by atoms with Crippen molar-refractivity contribution in [3.63, 3.8) is 0 Å². The Morgan fingerprint density at radius 1 is 1.08 bits per heavy atom. The van der Waals surface area contributed by atoms with Gasteiger partial charge in [-0.2, -0.15) is 0 Å². The monoisotopic (exact) mass is 541 g/mol. The van der Waals surface area contributed by atoms with Gasteiger partial charge in [-0.3, -0.25) is 0 Å². The zero-order valence-electron chi connectivity index (χ0n) is 18.7. The van der Waals surface area contributed by atoms with Gasteiger partial charge in [0.15, 0.2) is 17.3 Å². The summed E-state index contributed by atoms with van der Waals surface area (Å²) in [6, 6.07) is 8.73. The Hall–Kier alpha value is -3.46. The summed E-state index contributed by atoms with van der Waals surface area (Å²) in [4.78, 5) is 5.58. The van der Waals surface area contributed by atoms with Crippen LogP contribution in [0.1, 0.15) is 0 Å². The second kappa shape index (κ2) is 9.45. The average molecular weight is 541 g/mol. The lowest BCUT2D eigenvalue weighted by Gasteiger charge is -2.43. The van der Waals surface area contributed by atoms with Crippen molar-refractivity contribution >= 4 is 21.5 Å². The number of alkyl halides is 3. The third-order valence-corrected chi connectivity index (χ3v) is 7.28. The summed E-state index contributed by atoms with van der Waals surface area (Å²) in [5.74, 6) is -0.323. The Morgan fingerprint density at radius 2 is 1.84 bits per heavy atom. The van der Waals surface area contributed by atoms with Crippen LogP contribution >= 0.6 is 0 Å². The van der Waals surface area contributed by atoms with E-state index in [-0.39, 0.29) is 23.9 Å². The van der Waals surface area contributed by atoms with Gasteiger partial charge in [0.1, 0.15) is 11.6 Å². The smallest absolute Gasteiger partial charge is 0.451 e. The molecule has 5 rings (SSSR count). The van der Waals surface area contributed by atoms with Crippen LogP contribution in [0.3, 0.4) is 0 Å². The van der Waals surface area contributed by atoms with Gasteiger partial charge in [0.2, 0.25) is 10.0 Å². The number of fused-ring (bicyclic) bond motifs is 2. The Kier molecular flexibility index (Phi) is 6.43. The van der Waals surface area contributed by atoms with Crippen LogP contribution in [0.15, 0.2) is 65.7 Å². The van der Waals surface area contributed by atoms with Gasteiger partial charge in [0.05, 0.1) is 42.0 Å². The summed E-state index contributed by atoms with van der Waals surface area (Å²) in [5, 5.41) is 11.2. The number of rotatable bonds is 5. The van der Waals surface area contributed by atoms with Crippen LogP contribution < -0.4 is 19.1 Å². The standard InChI is InChI=1S/C23H19F4N3O6S/c24-13-3-8-17-20(10-13)35-19-2-1-9-28-22(19)30(17)18-12-34-11-16(21(18)31)29-37(32,33)15-6-4-14(5-7-15)36-23(25,26)27/h1-10,16,18,21,29,31H,11-12H2/t16-,18+,21+/m1/s1. The molecule has 3 atom stereocenters. The minimum atomic E-state index is -4.92. The predicted octanol–water partition coefficient (Wildman–Crippen LogP) is 3.47. The van der Waals surface area contributed by atoms with Gasteiger partial charge in [-0.05, 0) is 48.5 Å². The van der Waals surface area contributed by atoms with Gasteiger partial charge in [-0.1, -0.05) is 0 Å². The normalized spacial score (nSPS) is 21.5. The number of halogens is 4. The molecule has 0 unspecified atom stereocenters. The molecule has 14 heteroatoms. The van der Waals surface area contributed by atoms with Crippen molar-refractivity contribution in [3.05, 3.63) is 66.6 Å². The quantitative estimate of drug-likeness (QED) is 0.473. The second-order valence-electron chi connectivity index (χ2n) is 8.25. The molecule has 1 aromatic heterocycles. The maximum Gasteiger partial charge on any atom is 0.573 e. The van der Waals surface area contributed by atoms with Crippen molar-refractivity contribution < 1.29 is 45.3 Å². The van der Waals surface area contributed by atoms with Crippen molar-refractivity contribution in [2.75, 3.05) is 18.1 Å². The predicted molar refractivity (Wildman–Crippen MR) is 121 cm³/mol. The minimum Gasteiger partial charge on any atom is -0.451 e. The van der Waals surface area contributed by atoms with E-state index in [0.717, 1.165) is 24.3 Å². The molecule has 3 heterocycles. The molecular weight excluding hydrogens is 522 g/mol. The van der Waals surface area contributed by atoms with E-state index >= 15 is 0 Å². The van der Waals surface area contributed by atoms with Gasteiger partial charge in [0, 0.05) is 12.3 Å². The molecule has 0 aliphatic carbocycles. The lowest BCUT2D eigenvalue weighted by molar-refractivity contribution is -0.274. The maximum atomic E-state index is 13.9. The molecule has 0 saturated carbocycles. The second-order valence-corrected chi connectivity index (χ2v) is 9.97. The van der Waals surface area contributed by atoms with Crippen molar-refractivity contribution in [1.82, 2.24) is 9.71 Å². The van der Waals surface area contributed by atoms with E-state index in [1.54, 1.807) is 17.0 Å². The summed E-state index contributed by atoms with van der Waals surface area (Å²) in [7, 11) is -4.27. The van der Waals surface area contributed by atoms with E-state index in [4.69, 9.17) is 9.47 Å². The topological polar surface area (TPSA) is 110 Å². The van der Waals surface area contributed by atoms with Gasteiger partial charge in [0.25, 0.3) is 0 Å². The van der Waals surface area contributed by atoms with Crippen LogP contribution in [0.25, 0.3) is 0 Å². The first kappa shape index (κ1) is 25.2. The zero-order chi connectivity index (χ0) is 26.4. The lowest BCUT2D eigenvalue weighted by Crippen LogP contribution is -2.60. The maximum absolute atomic E-state index is 13.9. The molecule has 2 aliphatic heterocycles.